The normalized spacial score (nSPS) is 18.7. The van der Waals surface area contributed by atoms with Crippen LogP contribution in [0.1, 0.15) is 32.6 Å². The van der Waals surface area contributed by atoms with Gasteiger partial charge in [-0.2, -0.15) is 5.10 Å². The minimum absolute atomic E-state index is 0.674. The molecule has 0 saturated heterocycles. The second-order valence-corrected chi connectivity index (χ2v) is 5.96. The lowest BCUT2D eigenvalue weighted by atomic mass is 10.00. The molecular weight excluding hydrogens is 230 g/mol. The van der Waals surface area contributed by atoms with E-state index in [0.717, 1.165) is 12.5 Å². The molecule has 1 aliphatic carbocycles. The molecule has 0 amide bonds. The summed E-state index contributed by atoms with van der Waals surface area (Å²) < 4.78 is 1.88. The molecule has 96 valence electrons. The SMILES string of the molecule is CCNC(CSc1cnn(C)c1)C1CCCC1. The van der Waals surface area contributed by atoms with E-state index < -0.39 is 0 Å². The van der Waals surface area contributed by atoms with Crippen molar-refractivity contribution in [1.29, 1.82) is 0 Å². The molecule has 0 aromatic carbocycles. The van der Waals surface area contributed by atoms with Crippen molar-refractivity contribution in [2.75, 3.05) is 12.3 Å². The second kappa shape index (κ2) is 6.45. The smallest absolute Gasteiger partial charge is 0.0625 e. The van der Waals surface area contributed by atoms with Crippen LogP contribution in [-0.4, -0.2) is 28.1 Å². The lowest BCUT2D eigenvalue weighted by Gasteiger charge is -2.23. The number of thioether (sulfide) groups is 1. The van der Waals surface area contributed by atoms with Crippen molar-refractivity contribution in [1.82, 2.24) is 15.1 Å². The Kier molecular flexibility index (Phi) is 4.92. The zero-order chi connectivity index (χ0) is 12.1. The van der Waals surface area contributed by atoms with Gasteiger partial charge in [0.2, 0.25) is 0 Å². The molecule has 1 unspecified atom stereocenters. The van der Waals surface area contributed by atoms with Crippen LogP contribution in [0.5, 0.6) is 0 Å². The van der Waals surface area contributed by atoms with Crippen molar-refractivity contribution in [3.63, 3.8) is 0 Å². The Hall–Kier alpha value is -0.480. The first kappa shape index (κ1) is 13.0. The van der Waals surface area contributed by atoms with Crippen LogP contribution < -0.4 is 5.32 Å². The number of aromatic nitrogens is 2. The van der Waals surface area contributed by atoms with E-state index in [9.17, 15) is 0 Å². The van der Waals surface area contributed by atoms with Gasteiger partial charge in [0, 0.05) is 29.9 Å². The molecule has 1 N–H and O–H groups in total. The lowest BCUT2D eigenvalue weighted by Crippen LogP contribution is -2.37. The van der Waals surface area contributed by atoms with Gasteiger partial charge < -0.3 is 5.32 Å². The molecule has 0 aliphatic heterocycles. The second-order valence-electron chi connectivity index (χ2n) is 4.87. The van der Waals surface area contributed by atoms with Gasteiger partial charge in [-0.25, -0.2) is 0 Å². The fraction of sp³-hybridized carbons (Fsp3) is 0.769. The maximum Gasteiger partial charge on any atom is 0.0625 e. The highest BCUT2D eigenvalue weighted by Gasteiger charge is 2.24. The van der Waals surface area contributed by atoms with Gasteiger partial charge in [-0.05, 0) is 25.3 Å². The minimum atomic E-state index is 0.674. The first-order chi connectivity index (χ1) is 8.29. The van der Waals surface area contributed by atoms with E-state index in [1.54, 1.807) is 0 Å². The molecule has 1 atom stereocenters. The summed E-state index contributed by atoms with van der Waals surface area (Å²) in [5.41, 5.74) is 0. The average molecular weight is 253 g/mol. The van der Waals surface area contributed by atoms with Crippen molar-refractivity contribution < 1.29 is 0 Å². The highest BCUT2D eigenvalue weighted by atomic mass is 32.2. The van der Waals surface area contributed by atoms with Crippen LogP contribution in [0.2, 0.25) is 0 Å². The third kappa shape index (κ3) is 3.75. The predicted octanol–water partition coefficient (Wildman–Crippen LogP) is 2.68. The predicted molar refractivity (Wildman–Crippen MR) is 73.4 cm³/mol. The Balaban J connectivity index is 1.84. The molecule has 0 bridgehead atoms. The van der Waals surface area contributed by atoms with Gasteiger partial charge in [-0.15, -0.1) is 11.8 Å². The Morgan fingerprint density at radius 2 is 2.29 bits per heavy atom. The van der Waals surface area contributed by atoms with Crippen LogP contribution in [0.25, 0.3) is 0 Å². The molecule has 17 heavy (non-hydrogen) atoms. The lowest BCUT2D eigenvalue weighted by molar-refractivity contribution is 0.394. The molecule has 4 heteroatoms. The van der Waals surface area contributed by atoms with Crippen molar-refractivity contribution >= 4 is 11.8 Å². The molecular formula is C13H23N3S. The molecule has 3 nitrogen and oxygen atoms in total. The van der Waals surface area contributed by atoms with E-state index in [-0.39, 0.29) is 0 Å². The highest BCUT2D eigenvalue weighted by Crippen LogP contribution is 2.30. The van der Waals surface area contributed by atoms with Crippen molar-refractivity contribution in [3.05, 3.63) is 12.4 Å². The van der Waals surface area contributed by atoms with E-state index in [4.69, 9.17) is 0 Å². The van der Waals surface area contributed by atoms with E-state index in [2.05, 4.69) is 23.5 Å². The largest absolute Gasteiger partial charge is 0.313 e. The van der Waals surface area contributed by atoms with Gasteiger partial charge in [0.25, 0.3) is 0 Å². The number of hydrogen-bond donors (Lipinski definition) is 1. The van der Waals surface area contributed by atoms with Crippen LogP contribution in [-0.2, 0) is 7.05 Å². The molecule has 1 aromatic heterocycles. The zero-order valence-electron chi connectivity index (χ0n) is 10.9. The first-order valence-electron chi connectivity index (χ1n) is 6.64. The molecule has 0 radical (unpaired) electrons. The first-order valence-corrected chi connectivity index (χ1v) is 7.63. The van der Waals surface area contributed by atoms with Crippen LogP contribution in [0.15, 0.2) is 17.3 Å². The summed E-state index contributed by atoms with van der Waals surface area (Å²) in [6.45, 7) is 3.28. The summed E-state index contributed by atoms with van der Waals surface area (Å²) in [4.78, 5) is 1.29. The van der Waals surface area contributed by atoms with Crippen LogP contribution in [0.4, 0.5) is 0 Å². The standard InChI is InChI=1S/C13H23N3S/c1-3-14-13(11-6-4-5-7-11)10-17-12-8-15-16(2)9-12/h8-9,11,13-14H,3-7,10H2,1-2H3. The van der Waals surface area contributed by atoms with Crippen molar-refractivity contribution in [2.45, 2.75) is 43.5 Å². The summed E-state index contributed by atoms with van der Waals surface area (Å²) in [5, 5.41) is 7.87. The fourth-order valence-electron chi connectivity index (χ4n) is 2.64. The highest BCUT2D eigenvalue weighted by molar-refractivity contribution is 7.99. The number of nitrogens with zero attached hydrogens (tertiary/aromatic N) is 2. The van der Waals surface area contributed by atoms with Gasteiger partial charge in [0.05, 0.1) is 6.20 Å². The van der Waals surface area contributed by atoms with Crippen molar-refractivity contribution in [3.8, 4) is 0 Å². The monoisotopic (exact) mass is 253 g/mol. The zero-order valence-corrected chi connectivity index (χ0v) is 11.7. The average Bonchev–Trinajstić information content (AvgIpc) is 2.95. The number of rotatable bonds is 6. The van der Waals surface area contributed by atoms with Crippen LogP contribution in [0.3, 0.4) is 0 Å². The van der Waals surface area contributed by atoms with Crippen LogP contribution in [0, 0.1) is 5.92 Å². The molecule has 2 rings (SSSR count). The van der Waals surface area contributed by atoms with Crippen LogP contribution >= 0.6 is 11.8 Å². The van der Waals surface area contributed by atoms with Gasteiger partial charge >= 0.3 is 0 Å². The third-order valence-electron chi connectivity index (χ3n) is 3.55. The summed E-state index contributed by atoms with van der Waals surface area (Å²) in [6, 6.07) is 0.674. The molecule has 1 saturated carbocycles. The Bertz CT molecular complexity index is 331. The Morgan fingerprint density at radius 3 is 2.88 bits per heavy atom. The number of hydrogen-bond acceptors (Lipinski definition) is 3. The van der Waals surface area contributed by atoms with Gasteiger partial charge in [-0.3, -0.25) is 4.68 Å². The minimum Gasteiger partial charge on any atom is -0.313 e. The van der Waals surface area contributed by atoms with E-state index in [1.165, 1.54) is 36.3 Å². The Labute approximate surface area is 108 Å². The van der Waals surface area contributed by atoms with E-state index in [1.807, 2.05) is 29.7 Å². The van der Waals surface area contributed by atoms with E-state index >= 15 is 0 Å². The summed E-state index contributed by atoms with van der Waals surface area (Å²) in [6.07, 6.45) is 9.72. The number of aryl methyl sites for hydroxylation is 1. The summed E-state index contributed by atoms with van der Waals surface area (Å²) in [7, 11) is 1.98. The van der Waals surface area contributed by atoms with Gasteiger partial charge in [-0.1, -0.05) is 19.8 Å². The Morgan fingerprint density at radius 1 is 1.53 bits per heavy atom. The summed E-state index contributed by atoms with van der Waals surface area (Å²) in [5.74, 6) is 2.06. The fourth-order valence-corrected chi connectivity index (χ4v) is 3.75. The molecule has 1 heterocycles. The van der Waals surface area contributed by atoms with Gasteiger partial charge in [0.1, 0.15) is 0 Å². The topological polar surface area (TPSA) is 29.9 Å². The van der Waals surface area contributed by atoms with Crippen molar-refractivity contribution in [2.24, 2.45) is 13.0 Å². The molecule has 1 fully saturated rings. The maximum atomic E-state index is 4.21. The summed E-state index contributed by atoms with van der Waals surface area (Å²) >= 11 is 1.93. The van der Waals surface area contributed by atoms with Gasteiger partial charge in [0.15, 0.2) is 0 Å². The quantitative estimate of drug-likeness (QED) is 0.791. The molecule has 1 aliphatic rings. The molecule has 0 spiro atoms. The maximum absolute atomic E-state index is 4.21. The van der Waals surface area contributed by atoms with E-state index in [0.29, 0.717) is 6.04 Å². The third-order valence-corrected chi connectivity index (χ3v) is 4.62. The number of nitrogens with one attached hydrogen (secondary N) is 1. The molecule has 1 aromatic rings.